The number of aromatic nitrogens is 1. The maximum absolute atomic E-state index is 5.38. The van der Waals surface area contributed by atoms with E-state index in [0.29, 0.717) is 0 Å². The normalized spacial score (nSPS) is 10.9. The number of pyridine rings is 1. The van der Waals surface area contributed by atoms with Crippen molar-refractivity contribution in [1.82, 2.24) is 4.98 Å². The highest BCUT2D eigenvalue weighted by atomic mass is 16.5. The van der Waals surface area contributed by atoms with E-state index in [9.17, 15) is 0 Å². The number of nitrogens with zero attached hydrogens (tertiary/aromatic N) is 1. The summed E-state index contributed by atoms with van der Waals surface area (Å²) in [6.45, 7) is 5.42. The Morgan fingerprint density at radius 1 is 1.14 bits per heavy atom. The Kier molecular flexibility index (Phi) is 5.26. The third-order valence-electron chi connectivity index (χ3n) is 3.52. The maximum atomic E-state index is 5.38. The zero-order chi connectivity index (χ0) is 15.2. The van der Waals surface area contributed by atoms with Gasteiger partial charge in [0.05, 0.1) is 14.2 Å². The van der Waals surface area contributed by atoms with Gasteiger partial charge in [-0.15, -0.1) is 0 Å². The number of ether oxygens (including phenoxy) is 2. The van der Waals surface area contributed by atoms with Gasteiger partial charge in [0.25, 0.3) is 0 Å². The van der Waals surface area contributed by atoms with Gasteiger partial charge in [-0.3, -0.25) is 0 Å². The molecule has 1 aromatic heterocycles. The molecule has 4 nitrogen and oxygen atoms in total. The second-order valence-corrected chi connectivity index (χ2v) is 5.55. The predicted molar refractivity (Wildman–Crippen MR) is 87.4 cm³/mol. The number of methoxy groups -OCH3 is 2. The fraction of sp³-hybridized carbons (Fsp3) is 0.471. The Labute approximate surface area is 126 Å². The second-order valence-electron chi connectivity index (χ2n) is 5.55. The fourth-order valence-electron chi connectivity index (χ4n) is 2.36. The first-order valence-corrected chi connectivity index (χ1v) is 7.40. The lowest BCUT2D eigenvalue weighted by Crippen LogP contribution is -2.05. The minimum atomic E-state index is 0.725. The molecular formula is C17H24N2O2. The molecule has 0 radical (unpaired) electrons. The van der Waals surface area contributed by atoms with E-state index in [-0.39, 0.29) is 0 Å². The summed E-state index contributed by atoms with van der Waals surface area (Å²) in [6.07, 6.45) is 4.18. The molecule has 0 aliphatic carbocycles. The summed E-state index contributed by atoms with van der Waals surface area (Å²) < 4.78 is 10.7. The summed E-state index contributed by atoms with van der Waals surface area (Å²) in [5.41, 5.74) is 0. The molecule has 0 saturated heterocycles. The quantitative estimate of drug-likeness (QED) is 0.779. The molecule has 0 unspecified atom stereocenters. The monoisotopic (exact) mass is 288 g/mol. The van der Waals surface area contributed by atoms with Crippen molar-refractivity contribution < 1.29 is 9.47 Å². The van der Waals surface area contributed by atoms with E-state index in [1.54, 1.807) is 14.2 Å². The molecule has 0 amide bonds. The molecule has 0 aliphatic rings. The first-order valence-electron chi connectivity index (χ1n) is 7.40. The van der Waals surface area contributed by atoms with Crippen LogP contribution in [0.3, 0.4) is 0 Å². The third-order valence-corrected chi connectivity index (χ3v) is 3.52. The van der Waals surface area contributed by atoms with Crippen molar-refractivity contribution in [2.75, 3.05) is 26.1 Å². The molecule has 4 heteroatoms. The number of nitrogens with one attached hydrogen (secondary N) is 1. The largest absolute Gasteiger partial charge is 0.493 e. The molecule has 1 aromatic carbocycles. The summed E-state index contributed by atoms with van der Waals surface area (Å²) in [5.74, 6) is 3.10. The van der Waals surface area contributed by atoms with Gasteiger partial charge in [0.15, 0.2) is 11.5 Å². The topological polar surface area (TPSA) is 43.4 Å². The van der Waals surface area contributed by atoms with E-state index >= 15 is 0 Å². The highest BCUT2D eigenvalue weighted by molar-refractivity contribution is 5.94. The molecule has 1 heterocycles. The number of fused-ring (bicyclic) bond motifs is 1. The average molecular weight is 288 g/mol. The van der Waals surface area contributed by atoms with E-state index in [4.69, 9.17) is 9.47 Å². The van der Waals surface area contributed by atoms with Gasteiger partial charge >= 0.3 is 0 Å². The minimum Gasteiger partial charge on any atom is -0.493 e. The van der Waals surface area contributed by atoms with Crippen molar-refractivity contribution in [3.05, 3.63) is 24.4 Å². The van der Waals surface area contributed by atoms with Gasteiger partial charge < -0.3 is 14.8 Å². The highest BCUT2D eigenvalue weighted by Crippen LogP contribution is 2.34. The van der Waals surface area contributed by atoms with Gasteiger partial charge in [0.2, 0.25) is 0 Å². The molecule has 0 bridgehead atoms. The third kappa shape index (κ3) is 3.78. The first kappa shape index (κ1) is 15.4. The Bertz CT molecular complexity index is 597. The average Bonchev–Trinajstić information content (AvgIpc) is 2.49. The van der Waals surface area contributed by atoms with Gasteiger partial charge in [0, 0.05) is 18.1 Å². The number of hydrogen-bond donors (Lipinski definition) is 1. The summed E-state index contributed by atoms with van der Waals surface area (Å²) in [5, 5.41) is 5.57. The van der Waals surface area contributed by atoms with Crippen LogP contribution in [0.15, 0.2) is 24.4 Å². The summed E-state index contributed by atoms with van der Waals surface area (Å²) in [4.78, 5) is 4.45. The van der Waals surface area contributed by atoms with Crippen molar-refractivity contribution >= 4 is 16.6 Å². The minimum absolute atomic E-state index is 0.725. The van der Waals surface area contributed by atoms with Crippen LogP contribution in [0.2, 0.25) is 0 Å². The van der Waals surface area contributed by atoms with Gasteiger partial charge in [-0.05, 0) is 42.3 Å². The van der Waals surface area contributed by atoms with Crippen LogP contribution in [0.1, 0.15) is 26.7 Å². The van der Waals surface area contributed by atoms with Crippen LogP contribution in [0.4, 0.5) is 5.82 Å². The molecule has 2 aromatic rings. The van der Waals surface area contributed by atoms with Crippen LogP contribution in [-0.2, 0) is 0 Å². The van der Waals surface area contributed by atoms with E-state index < -0.39 is 0 Å². The lowest BCUT2D eigenvalue weighted by Gasteiger charge is -2.13. The summed E-state index contributed by atoms with van der Waals surface area (Å²) in [6, 6.07) is 5.94. The van der Waals surface area contributed by atoms with Gasteiger partial charge in [0.1, 0.15) is 5.82 Å². The molecule has 114 valence electrons. The van der Waals surface area contributed by atoms with Crippen LogP contribution in [0.5, 0.6) is 11.5 Å². The molecule has 2 rings (SSSR count). The zero-order valence-corrected chi connectivity index (χ0v) is 13.3. The van der Waals surface area contributed by atoms with Crippen molar-refractivity contribution in [2.24, 2.45) is 5.92 Å². The van der Waals surface area contributed by atoms with Gasteiger partial charge in [-0.25, -0.2) is 4.98 Å². The van der Waals surface area contributed by atoms with Gasteiger partial charge in [-0.1, -0.05) is 13.8 Å². The smallest absolute Gasteiger partial charge is 0.161 e. The van der Waals surface area contributed by atoms with E-state index in [1.807, 2.05) is 24.4 Å². The highest BCUT2D eigenvalue weighted by Gasteiger charge is 2.09. The van der Waals surface area contributed by atoms with Gasteiger partial charge in [-0.2, -0.15) is 0 Å². The van der Waals surface area contributed by atoms with Crippen molar-refractivity contribution in [2.45, 2.75) is 26.7 Å². The summed E-state index contributed by atoms with van der Waals surface area (Å²) >= 11 is 0. The Morgan fingerprint density at radius 2 is 1.86 bits per heavy atom. The Balaban J connectivity index is 2.23. The van der Waals surface area contributed by atoms with Crippen molar-refractivity contribution in [1.29, 1.82) is 0 Å². The van der Waals surface area contributed by atoms with Crippen LogP contribution in [-0.4, -0.2) is 25.7 Å². The Morgan fingerprint density at radius 3 is 2.52 bits per heavy atom. The standard InChI is InChI=1S/C17H24N2O2/c1-12(2)6-5-8-18-17-14-11-16(21-4)15(20-3)10-13(14)7-9-19-17/h7,9-12H,5-6,8H2,1-4H3,(H,18,19). The molecule has 0 fully saturated rings. The first-order chi connectivity index (χ1) is 10.2. The number of benzene rings is 1. The molecule has 0 saturated carbocycles. The molecular weight excluding hydrogens is 264 g/mol. The zero-order valence-electron chi connectivity index (χ0n) is 13.3. The fourth-order valence-corrected chi connectivity index (χ4v) is 2.36. The SMILES string of the molecule is COc1cc2ccnc(NCCCC(C)C)c2cc1OC. The van der Waals surface area contributed by atoms with E-state index in [0.717, 1.165) is 47.0 Å². The van der Waals surface area contributed by atoms with Crippen LogP contribution < -0.4 is 14.8 Å². The maximum Gasteiger partial charge on any atom is 0.161 e. The van der Waals surface area contributed by atoms with E-state index in [2.05, 4.69) is 24.1 Å². The Hall–Kier alpha value is -1.97. The number of rotatable bonds is 7. The number of hydrogen-bond acceptors (Lipinski definition) is 4. The summed E-state index contributed by atoms with van der Waals surface area (Å²) in [7, 11) is 3.30. The molecule has 21 heavy (non-hydrogen) atoms. The molecule has 0 atom stereocenters. The number of anilines is 1. The molecule has 1 N–H and O–H groups in total. The lowest BCUT2D eigenvalue weighted by molar-refractivity contribution is 0.356. The second kappa shape index (κ2) is 7.16. The lowest BCUT2D eigenvalue weighted by atomic mass is 10.1. The molecule has 0 aliphatic heterocycles. The molecule has 0 spiro atoms. The van der Waals surface area contributed by atoms with Crippen LogP contribution in [0.25, 0.3) is 10.8 Å². The van der Waals surface area contributed by atoms with Crippen LogP contribution >= 0.6 is 0 Å². The van der Waals surface area contributed by atoms with Crippen molar-refractivity contribution in [3.63, 3.8) is 0 Å². The van der Waals surface area contributed by atoms with Crippen LogP contribution in [0, 0.1) is 5.92 Å². The van der Waals surface area contributed by atoms with Crippen molar-refractivity contribution in [3.8, 4) is 11.5 Å². The van der Waals surface area contributed by atoms with E-state index in [1.165, 1.54) is 6.42 Å². The predicted octanol–water partition coefficient (Wildman–Crippen LogP) is 4.10.